The third kappa shape index (κ3) is 11.5. The van der Waals surface area contributed by atoms with Crippen molar-refractivity contribution in [1.29, 1.82) is 0 Å². The van der Waals surface area contributed by atoms with E-state index in [0.29, 0.717) is 30.4 Å². The smallest absolute Gasteiger partial charge is 0.300 e. The molecule has 3 aromatic carbocycles. The largest absolute Gasteiger partial charge is 0.481 e. The quantitative estimate of drug-likeness (QED) is 0.258. The van der Waals surface area contributed by atoms with E-state index in [4.69, 9.17) is 37.8 Å². The van der Waals surface area contributed by atoms with Crippen molar-refractivity contribution in [1.82, 2.24) is 4.90 Å². The molecule has 1 aliphatic heterocycles. The molecule has 252 valence electrons. The predicted octanol–water partition coefficient (Wildman–Crippen LogP) is 7.75. The molecule has 0 unspecified atom stereocenters. The monoisotopic (exact) mass is 700 g/mol. The molecular weight excluding hydrogens is 661 g/mol. The molecule has 1 amide bonds. The predicted molar refractivity (Wildman–Crippen MR) is 178 cm³/mol. The van der Waals surface area contributed by atoms with Gasteiger partial charge in [0.15, 0.2) is 0 Å². The number of ether oxygens (including phenoxy) is 1. The Balaban J connectivity index is 0.000000477. The van der Waals surface area contributed by atoms with Gasteiger partial charge in [-0.25, -0.2) is 17.2 Å². The van der Waals surface area contributed by atoms with Crippen molar-refractivity contribution in [2.45, 2.75) is 64.3 Å². The van der Waals surface area contributed by atoms with E-state index in [1.54, 1.807) is 29.2 Å². The van der Waals surface area contributed by atoms with E-state index in [0.717, 1.165) is 33.9 Å². The van der Waals surface area contributed by atoms with Crippen molar-refractivity contribution < 1.29 is 36.6 Å². The fourth-order valence-electron chi connectivity index (χ4n) is 4.57. The minimum atomic E-state index is -3.88. The number of aliphatic carboxylic acids is 1. The highest BCUT2D eigenvalue weighted by atomic mass is 35.5. The molecule has 5 rings (SSSR count). The number of anilines is 1. The fourth-order valence-corrected chi connectivity index (χ4v) is 6.74. The highest BCUT2D eigenvalue weighted by Gasteiger charge is 2.43. The Kier molecular flexibility index (Phi) is 15.9. The van der Waals surface area contributed by atoms with Gasteiger partial charge in [-0.3, -0.25) is 13.9 Å². The number of rotatable bonds is 8. The summed E-state index contributed by atoms with van der Waals surface area (Å²) < 4.78 is 61.2. The lowest BCUT2D eigenvalue weighted by molar-refractivity contribution is -0.152. The molecule has 2 aliphatic rings. The number of morpholine rings is 1. The van der Waals surface area contributed by atoms with E-state index in [9.17, 15) is 22.0 Å². The van der Waals surface area contributed by atoms with Gasteiger partial charge in [0, 0.05) is 23.0 Å². The summed E-state index contributed by atoms with van der Waals surface area (Å²) in [7, 11) is -3.88. The Morgan fingerprint density at radius 3 is 2.07 bits per heavy atom. The van der Waals surface area contributed by atoms with Crippen molar-refractivity contribution in [2.24, 2.45) is 0 Å². The zero-order valence-electron chi connectivity index (χ0n) is 26.2. The SMILES string of the molecule is CC.CC(=O)O.CC[C@@H](CN(c1ccc(F)cc1F)S(=O)(=O)C1CC1)N1C(=O)COC[C@H]1c1ccc(Cl)cc1.Clc1ccccc1. The molecule has 3 aromatic rings. The van der Waals surface area contributed by atoms with E-state index in [1.165, 1.54) is 0 Å². The van der Waals surface area contributed by atoms with Crippen LogP contribution in [0.3, 0.4) is 0 Å². The molecule has 0 bridgehead atoms. The first kappa shape index (κ1) is 38.9. The lowest BCUT2D eigenvalue weighted by Crippen LogP contribution is -2.54. The fraction of sp³-hybridized carbons (Fsp3) is 0.394. The van der Waals surface area contributed by atoms with Gasteiger partial charge in [-0.05, 0) is 61.2 Å². The van der Waals surface area contributed by atoms with Gasteiger partial charge in [0.05, 0.1) is 36.2 Å². The van der Waals surface area contributed by atoms with E-state index in [-0.39, 0.29) is 31.4 Å². The molecule has 0 spiro atoms. The summed E-state index contributed by atoms with van der Waals surface area (Å²) in [5.41, 5.74) is 0.584. The Morgan fingerprint density at radius 2 is 1.59 bits per heavy atom. The van der Waals surface area contributed by atoms with Crippen LogP contribution in [0.25, 0.3) is 0 Å². The van der Waals surface area contributed by atoms with Crippen molar-refractivity contribution in [3.8, 4) is 0 Å². The van der Waals surface area contributed by atoms with Gasteiger partial charge in [0.2, 0.25) is 15.9 Å². The Labute approximate surface area is 279 Å². The maximum atomic E-state index is 14.7. The second-order valence-corrected chi connectivity index (χ2v) is 13.1. The number of hydrogen-bond acceptors (Lipinski definition) is 5. The van der Waals surface area contributed by atoms with Crippen LogP contribution in [-0.4, -0.2) is 61.4 Å². The summed E-state index contributed by atoms with van der Waals surface area (Å²) in [5.74, 6) is -2.87. The van der Waals surface area contributed by atoms with Gasteiger partial charge in [-0.2, -0.15) is 0 Å². The van der Waals surface area contributed by atoms with Gasteiger partial charge >= 0.3 is 0 Å². The highest BCUT2D eigenvalue weighted by molar-refractivity contribution is 7.93. The van der Waals surface area contributed by atoms with Crippen LogP contribution < -0.4 is 4.31 Å². The molecule has 0 radical (unpaired) electrons. The summed E-state index contributed by atoms with van der Waals surface area (Å²) in [6.45, 7) is 6.90. The number of sulfonamides is 1. The molecule has 2 atom stereocenters. The van der Waals surface area contributed by atoms with E-state index in [1.807, 2.05) is 51.1 Å². The maximum absolute atomic E-state index is 14.7. The minimum absolute atomic E-state index is 0.124. The summed E-state index contributed by atoms with van der Waals surface area (Å²) in [6, 6.07) is 18.3. The lowest BCUT2D eigenvalue weighted by atomic mass is 10.0. The van der Waals surface area contributed by atoms with Crippen LogP contribution in [0.15, 0.2) is 72.8 Å². The summed E-state index contributed by atoms with van der Waals surface area (Å²) in [6.07, 6.45) is 1.40. The number of carbonyl (C=O) groups is 2. The number of nitrogens with zero attached hydrogens (tertiary/aromatic N) is 2. The minimum Gasteiger partial charge on any atom is -0.481 e. The molecule has 1 aliphatic carbocycles. The molecule has 1 heterocycles. The van der Waals surface area contributed by atoms with Gasteiger partial charge in [0.1, 0.15) is 18.2 Å². The number of hydrogen-bond donors (Lipinski definition) is 1. The topological polar surface area (TPSA) is 104 Å². The number of carbonyl (C=O) groups excluding carboxylic acids is 1. The van der Waals surface area contributed by atoms with Gasteiger partial charge in [-0.1, -0.05) is 74.3 Å². The second-order valence-electron chi connectivity index (χ2n) is 10.1. The van der Waals surface area contributed by atoms with E-state index >= 15 is 0 Å². The van der Waals surface area contributed by atoms with Gasteiger partial charge in [-0.15, -0.1) is 0 Å². The van der Waals surface area contributed by atoms with Crippen LogP contribution >= 0.6 is 23.2 Å². The average Bonchev–Trinajstić information content (AvgIpc) is 3.87. The molecule has 1 N–H and O–H groups in total. The van der Waals surface area contributed by atoms with E-state index in [2.05, 4.69) is 0 Å². The zero-order chi connectivity index (χ0) is 34.4. The van der Waals surface area contributed by atoms with Crippen LogP contribution in [0, 0.1) is 11.6 Å². The number of carboxylic acid groups (broad SMARTS) is 1. The molecule has 13 heteroatoms. The molecule has 46 heavy (non-hydrogen) atoms. The van der Waals surface area contributed by atoms with Crippen molar-refractivity contribution >= 4 is 50.8 Å². The number of amides is 1. The number of benzene rings is 3. The molecule has 0 aromatic heterocycles. The van der Waals surface area contributed by atoms with Crippen molar-refractivity contribution in [2.75, 3.05) is 24.1 Å². The van der Waals surface area contributed by atoms with E-state index < -0.39 is 45.0 Å². The van der Waals surface area contributed by atoms with Crippen molar-refractivity contribution in [3.63, 3.8) is 0 Å². The molecular formula is C33H40Cl2F2N2O6S. The second kappa shape index (κ2) is 18.8. The molecule has 1 saturated carbocycles. The van der Waals surface area contributed by atoms with Crippen LogP contribution in [0.1, 0.15) is 58.6 Å². The normalized spacial score (nSPS) is 16.4. The standard InChI is InChI=1S/C23H25ClF2N2O4S.C6H5Cl.C2H4O2.C2H6/c1-2-18(28-22(13-32-14-23(28)29)15-3-5-16(24)6-4-15)12-27(33(30,31)19-8-9-19)21-10-7-17(25)11-20(21)26;7-6-4-2-1-3-5-6;1-2(3)4;1-2/h3-7,10-11,18-19,22H,2,8-9,12-14H2,1H3;1-5H;1H3,(H,3,4);1-2H3/t18-,22-;;;/m0.../s1. The summed E-state index contributed by atoms with van der Waals surface area (Å²) >= 11 is 11.5. The van der Waals surface area contributed by atoms with Crippen molar-refractivity contribution in [3.05, 3.63) is 100 Å². The number of halogens is 4. The highest BCUT2D eigenvalue weighted by Crippen LogP contribution is 2.36. The van der Waals surface area contributed by atoms with Crippen LogP contribution in [0.2, 0.25) is 10.0 Å². The Bertz CT molecular complexity index is 1510. The maximum Gasteiger partial charge on any atom is 0.300 e. The van der Waals surface area contributed by atoms with Crippen LogP contribution in [0.4, 0.5) is 14.5 Å². The zero-order valence-corrected chi connectivity index (χ0v) is 28.5. The third-order valence-electron chi connectivity index (χ3n) is 6.79. The lowest BCUT2D eigenvalue weighted by Gasteiger charge is -2.42. The summed E-state index contributed by atoms with van der Waals surface area (Å²) in [4.78, 5) is 23.6. The van der Waals surface area contributed by atoms with Gasteiger partial charge in [0.25, 0.3) is 5.97 Å². The Hall–Kier alpha value is -3.25. The molecule has 8 nitrogen and oxygen atoms in total. The molecule has 1 saturated heterocycles. The first-order valence-corrected chi connectivity index (χ1v) is 17.1. The third-order valence-corrected chi connectivity index (χ3v) is 9.56. The first-order valence-electron chi connectivity index (χ1n) is 14.9. The average molecular weight is 702 g/mol. The van der Waals surface area contributed by atoms with Crippen LogP contribution in [0.5, 0.6) is 0 Å². The molecule has 2 fully saturated rings. The van der Waals surface area contributed by atoms with Crippen LogP contribution in [-0.2, 0) is 24.3 Å². The van der Waals surface area contributed by atoms with Gasteiger partial charge < -0.3 is 14.7 Å². The Morgan fingerprint density at radius 1 is 1.02 bits per heavy atom. The number of carboxylic acids is 1. The summed E-state index contributed by atoms with van der Waals surface area (Å²) in [5, 5.41) is 8.16. The first-order chi connectivity index (χ1) is 21.8.